The Balaban J connectivity index is -0.0000000800. The smallest absolute Gasteiger partial charge is 0.107 e. The molecule has 0 N–H and O–H groups in total. The van der Waals surface area contributed by atoms with Crippen molar-refractivity contribution in [1.29, 1.82) is 0 Å². The molecular formula is C4H12I2Sn. The van der Waals surface area contributed by atoms with Crippen molar-refractivity contribution >= 4 is 69.1 Å². The van der Waals surface area contributed by atoms with E-state index in [0.29, 0.717) is 0 Å². The summed E-state index contributed by atoms with van der Waals surface area (Å²) in [6.07, 6.45) is 0. The summed E-state index contributed by atoms with van der Waals surface area (Å²) in [5.74, 6) is 0. The van der Waals surface area contributed by atoms with E-state index in [9.17, 15) is 0 Å². The summed E-state index contributed by atoms with van der Waals surface area (Å²) < 4.78 is 3.03. The molecule has 0 saturated heterocycles. The van der Waals surface area contributed by atoms with Crippen LogP contribution in [0.1, 0.15) is 13.8 Å². The normalized spacial score (nSPS) is 6.00. The SMILES string of the molecule is C[CH2][Sn][CH2]C.I.I. The molecule has 0 amide bonds. The minimum atomic E-state index is 0. The van der Waals surface area contributed by atoms with Crippen LogP contribution in [0.15, 0.2) is 0 Å². The van der Waals surface area contributed by atoms with E-state index in [-0.39, 0.29) is 69.1 Å². The molecule has 0 spiro atoms. The summed E-state index contributed by atoms with van der Waals surface area (Å²) in [7, 11) is 0. The van der Waals surface area contributed by atoms with Crippen LogP contribution in [-0.2, 0) is 0 Å². The summed E-state index contributed by atoms with van der Waals surface area (Å²) >= 11 is 0.218. The van der Waals surface area contributed by atoms with Crippen molar-refractivity contribution in [2.45, 2.75) is 22.7 Å². The van der Waals surface area contributed by atoms with Crippen molar-refractivity contribution < 1.29 is 0 Å². The van der Waals surface area contributed by atoms with Crippen LogP contribution in [0.3, 0.4) is 0 Å². The molecule has 0 atom stereocenters. The molecule has 0 aromatic carbocycles. The van der Waals surface area contributed by atoms with Gasteiger partial charge in [-0.15, -0.1) is 48.0 Å². The van der Waals surface area contributed by atoms with E-state index in [0.717, 1.165) is 0 Å². The molecule has 0 aliphatic rings. The van der Waals surface area contributed by atoms with Crippen molar-refractivity contribution in [1.82, 2.24) is 0 Å². The van der Waals surface area contributed by atoms with Gasteiger partial charge in [0.25, 0.3) is 0 Å². The Morgan fingerprint density at radius 1 is 1.00 bits per heavy atom. The molecule has 0 fully saturated rings. The fourth-order valence-corrected chi connectivity index (χ4v) is 1.68. The first kappa shape index (κ1) is 16.1. The van der Waals surface area contributed by atoms with Gasteiger partial charge in [0.2, 0.25) is 0 Å². The van der Waals surface area contributed by atoms with E-state index in [1.165, 1.54) is 8.87 Å². The third kappa shape index (κ3) is 17.8. The summed E-state index contributed by atoms with van der Waals surface area (Å²) in [6.45, 7) is 4.57. The quantitative estimate of drug-likeness (QED) is 0.465. The largest absolute Gasteiger partial charge is 0.107 e. The fraction of sp³-hybridized carbons (Fsp3) is 1.00. The first-order chi connectivity index (χ1) is 2.41. The van der Waals surface area contributed by atoms with Crippen LogP contribution in [0, 0.1) is 0 Å². The molecule has 0 unspecified atom stereocenters. The molecule has 7 heavy (non-hydrogen) atoms. The average molecular weight is 433 g/mol. The Morgan fingerprint density at radius 3 is 1.29 bits per heavy atom. The zero-order valence-electron chi connectivity index (χ0n) is 4.73. The number of halogens is 2. The van der Waals surface area contributed by atoms with E-state index < -0.39 is 0 Å². The van der Waals surface area contributed by atoms with Gasteiger partial charge in [0.15, 0.2) is 0 Å². The Morgan fingerprint density at radius 2 is 1.29 bits per heavy atom. The zero-order valence-corrected chi connectivity index (χ0v) is 12.2. The maximum absolute atomic E-state index is 2.29. The number of hydrogen-bond donors (Lipinski definition) is 0. The fourth-order valence-electron chi connectivity index (χ4n) is 0.250. The number of hydrogen-bond acceptors (Lipinski definition) is 0. The molecule has 0 heterocycles. The van der Waals surface area contributed by atoms with E-state index in [1.54, 1.807) is 0 Å². The van der Waals surface area contributed by atoms with Crippen molar-refractivity contribution in [3.05, 3.63) is 0 Å². The van der Waals surface area contributed by atoms with Crippen LogP contribution >= 0.6 is 48.0 Å². The van der Waals surface area contributed by atoms with E-state index >= 15 is 0 Å². The molecule has 46 valence electrons. The van der Waals surface area contributed by atoms with Gasteiger partial charge in [-0.25, -0.2) is 0 Å². The van der Waals surface area contributed by atoms with E-state index in [4.69, 9.17) is 0 Å². The molecule has 3 heteroatoms. The molecular weight excluding hydrogens is 421 g/mol. The molecule has 0 aliphatic heterocycles. The topological polar surface area (TPSA) is 0 Å². The summed E-state index contributed by atoms with van der Waals surface area (Å²) in [5.41, 5.74) is 0. The standard InChI is InChI=1S/2C2H5.2HI.Sn/c2*1-2;;;/h2*1H2,2H3;2*1H;. The molecule has 2 radical (unpaired) electrons. The Labute approximate surface area is 90.5 Å². The third-order valence-corrected chi connectivity index (χ3v) is 3.35. The van der Waals surface area contributed by atoms with Crippen molar-refractivity contribution in [2.75, 3.05) is 0 Å². The second-order valence-corrected chi connectivity index (χ2v) is 6.42. The molecule has 0 saturated carbocycles. The van der Waals surface area contributed by atoms with Crippen LogP contribution < -0.4 is 0 Å². The first-order valence-electron chi connectivity index (χ1n) is 2.12. The average Bonchev–Trinajstić information content (AvgIpc) is 1.41. The van der Waals surface area contributed by atoms with Gasteiger partial charge in [0.05, 0.1) is 0 Å². The van der Waals surface area contributed by atoms with E-state index in [1.807, 2.05) is 0 Å². The third-order valence-electron chi connectivity index (χ3n) is 0.500. The maximum Gasteiger partial charge on any atom is -0.107 e. The van der Waals surface area contributed by atoms with Gasteiger partial charge in [-0.1, -0.05) is 0 Å². The van der Waals surface area contributed by atoms with Crippen LogP contribution in [-0.4, -0.2) is 21.1 Å². The van der Waals surface area contributed by atoms with Gasteiger partial charge in [-0.2, -0.15) is 0 Å². The number of rotatable bonds is 2. The Bertz CT molecular complexity index is 17.2. The molecule has 0 nitrogen and oxygen atoms in total. The van der Waals surface area contributed by atoms with Crippen molar-refractivity contribution in [2.24, 2.45) is 0 Å². The molecule has 0 rings (SSSR count). The van der Waals surface area contributed by atoms with Crippen molar-refractivity contribution in [3.8, 4) is 0 Å². The van der Waals surface area contributed by atoms with Gasteiger partial charge in [0, 0.05) is 0 Å². The Hall–Kier alpha value is 2.26. The second kappa shape index (κ2) is 15.7. The van der Waals surface area contributed by atoms with Gasteiger partial charge in [0.1, 0.15) is 0 Å². The summed E-state index contributed by atoms with van der Waals surface area (Å²) in [5, 5.41) is 0. The predicted molar refractivity (Wildman–Crippen MR) is 57.5 cm³/mol. The monoisotopic (exact) mass is 434 g/mol. The van der Waals surface area contributed by atoms with Crippen LogP contribution in [0.25, 0.3) is 0 Å². The summed E-state index contributed by atoms with van der Waals surface area (Å²) in [6, 6.07) is 0. The van der Waals surface area contributed by atoms with Gasteiger partial charge < -0.3 is 0 Å². The first-order valence-corrected chi connectivity index (χ1v) is 6.16. The Kier molecular flexibility index (Phi) is 36.2. The second-order valence-electron chi connectivity index (χ2n) is 0.957. The zero-order chi connectivity index (χ0) is 4.12. The molecule has 0 aromatic heterocycles. The molecule has 0 aliphatic carbocycles. The minimum Gasteiger partial charge on any atom is -0.107 e. The molecule has 0 aromatic rings. The maximum atomic E-state index is 2.29. The molecule has 0 bridgehead atoms. The van der Waals surface area contributed by atoms with Crippen LogP contribution in [0.5, 0.6) is 0 Å². The van der Waals surface area contributed by atoms with Crippen LogP contribution in [0.4, 0.5) is 0 Å². The van der Waals surface area contributed by atoms with Crippen molar-refractivity contribution in [3.63, 3.8) is 0 Å². The van der Waals surface area contributed by atoms with Crippen LogP contribution in [0.2, 0.25) is 8.87 Å². The minimum absolute atomic E-state index is 0. The van der Waals surface area contributed by atoms with Gasteiger partial charge in [-0.3, -0.25) is 0 Å². The predicted octanol–water partition coefficient (Wildman–Crippen LogP) is 2.80. The van der Waals surface area contributed by atoms with Gasteiger partial charge in [-0.05, 0) is 0 Å². The summed E-state index contributed by atoms with van der Waals surface area (Å²) in [4.78, 5) is 0. The van der Waals surface area contributed by atoms with E-state index in [2.05, 4.69) is 13.8 Å². The van der Waals surface area contributed by atoms with Gasteiger partial charge >= 0.3 is 43.9 Å².